The number of rotatable bonds is 8. The van der Waals surface area contributed by atoms with Crippen molar-refractivity contribution < 1.29 is 9.53 Å². The molecule has 1 aliphatic rings. The van der Waals surface area contributed by atoms with Crippen LogP contribution < -0.4 is 10.6 Å². The Morgan fingerprint density at radius 2 is 2.26 bits per heavy atom. The Morgan fingerprint density at radius 1 is 1.37 bits per heavy atom. The molecular weight excluding hydrogens is 342 g/mol. The maximum atomic E-state index is 12.3. The van der Waals surface area contributed by atoms with Crippen LogP contribution in [0, 0.1) is 0 Å². The number of pyridine rings is 1. The van der Waals surface area contributed by atoms with E-state index in [9.17, 15) is 4.79 Å². The molecule has 0 aliphatic carbocycles. The van der Waals surface area contributed by atoms with Crippen molar-refractivity contribution in [1.29, 1.82) is 0 Å². The van der Waals surface area contributed by atoms with Gasteiger partial charge >= 0.3 is 0 Å². The molecule has 0 unspecified atom stereocenters. The topological polar surface area (TPSA) is 81.1 Å². The number of anilines is 1. The average molecular weight is 371 g/mol. The Hall–Kier alpha value is -2.41. The molecule has 2 N–H and O–H groups in total. The number of aryl methyl sites for hydroxylation is 1. The zero-order valence-electron chi connectivity index (χ0n) is 16.1. The summed E-state index contributed by atoms with van der Waals surface area (Å²) in [7, 11) is 0. The predicted octanol–water partition coefficient (Wildman–Crippen LogP) is 2.81. The molecule has 0 saturated carbocycles. The third kappa shape index (κ3) is 5.53. The van der Waals surface area contributed by atoms with Crippen LogP contribution in [0.25, 0.3) is 0 Å². The maximum absolute atomic E-state index is 12.3. The Labute approximate surface area is 160 Å². The van der Waals surface area contributed by atoms with Crippen LogP contribution in [-0.4, -0.2) is 46.2 Å². The molecule has 27 heavy (non-hydrogen) atoms. The zero-order valence-corrected chi connectivity index (χ0v) is 16.1. The normalized spacial score (nSPS) is 17.1. The number of imidazole rings is 1. The molecule has 1 saturated heterocycles. The van der Waals surface area contributed by atoms with Crippen molar-refractivity contribution in [2.24, 2.45) is 0 Å². The predicted molar refractivity (Wildman–Crippen MR) is 105 cm³/mol. The molecule has 1 aliphatic heterocycles. The van der Waals surface area contributed by atoms with Gasteiger partial charge in [0.25, 0.3) is 5.91 Å². The molecule has 0 spiro atoms. The smallest absolute Gasteiger partial charge is 0.252 e. The van der Waals surface area contributed by atoms with E-state index in [0.717, 1.165) is 44.1 Å². The fraction of sp³-hybridized carbons (Fsp3) is 0.550. The highest BCUT2D eigenvalue weighted by atomic mass is 16.5. The molecule has 0 bridgehead atoms. The van der Waals surface area contributed by atoms with Crippen LogP contribution in [0.4, 0.5) is 5.82 Å². The second-order valence-electron chi connectivity index (χ2n) is 7.23. The van der Waals surface area contributed by atoms with Gasteiger partial charge in [-0.15, -0.1) is 0 Å². The fourth-order valence-electron chi connectivity index (χ4n) is 3.24. The van der Waals surface area contributed by atoms with Gasteiger partial charge in [0.2, 0.25) is 0 Å². The van der Waals surface area contributed by atoms with Crippen LogP contribution in [0.3, 0.4) is 0 Å². The van der Waals surface area contributed by atoms with Crippen molar-refractivity contribution in [2.75, 3.05) is 25.1 Å². The summed E-state index contributed by atoms with van der Waals surface area (Å²) in [6.45, 7) is 7.27. The Morgan fingerprint density at radius 3 is 2.96 bits per heavy atom. The summed E-state index contributed by atoms with van der Waals surface area (Å²) in [6.07, 6.45) is 8.44. The second kappa shape index (κ2) is 9.50. The molecule has 146 valence electrons. The number of ether oxygens (including phenoxy) is 1. The number of nitrogens with zero attached hydrogens (tertiary/aromatic N) is 3. The molecule has 2 aromatic heterocycles. The lowest BCUT2D eigenvalue weighted by molar-refractivity contribution is 0.0875. The molecule has 0 radical (unpaired) electrons. The van der Waals surface area contributed by atoms with Gasteiger partial charge in [0, 0.05) is 44.2 Å². The quantitative estimate of drug-likeness (QED) is 0.698. The molecule has 7 nitrogen and oxygen atoms in total. The molecule has 1 fully saturated rings. The molecule has 1 amide bonds. The molecule has 0 aromatic carbocycles. The minimum atomic E-state index is -0.0928. The van der Waals surface area contributed by atoms with Gasteiger partial charge in [-0.05, 0) is 31.4 Å². The third-order valence-corrected chi connectivity index (χ3v) is 4.66. The van der Waals surface area contributed by atoms with Crippen LogP contribution in [0.15, 0.2) is 30.7 Å². The summed E-state index contributed by atoms with van der Waals surface area (Å²) in [5.74, 6) is 2.16. The van der Waals surface area contributed by atoms with E-state index in [4.69, 9.17) is 4.74 Å². The first-order valence-electron chi connectivity index (χ1n) is 9.73. The van der Waals surface area contributed by atoms with Crippen molar-refractivity contribution in [1.82, 2.24) is 19.9 Å². The van der Waals surface area contributed by atoms with Gasteiger partial charge in [-0.2, -0.15) is 0 Å². The first kappa shape index (κ1) is 19.4. The average Bonchev–Trinajstić information content (AvgIpc) is 3.15. The minimum absolute atomic E-state index is 0.0928. The first-order valence-corrected chi connectivity index (χ1v) is 9.73. The standard InChI is InChI=1S/C20H29N5O2/c1-15(2)19-21-9-11-25(19)10-4-8-22-20(26)16-6-7-18(23-13-16)24-17-5-3-12-27-14-17/h6-7,9,11,13,15,17H,3-5,8,10,12,14H2,1-2H3,(H,22,26)(H,23,24)/t17-/m1/s1. The summed E-state index contributed by atoms with van der Waals surface area (Å²) in [5, 5.41) is 6.31. The van der Waals surface area contributed by atoms with Crippen LogP contribution in [0.5, 0.6) is 0 Å². The largest absolute Gasteiger partial charge is 0.379 e. The van der Waals surface area contributed by atoms with Gasteiger partial charge in [-0.1, -0.05) is 13.8 Å². The van der Waals surface area contributed by atoms with Crippen LogP contribution in [0.2, 0.25) is 0 Å². The highest BCUT2D eigenvalue weighted by Crippen LogP contribution is 2.13. The molecule has 3 heterocycles. The summed E-state index contributed by atoms with van der Waals surface area (Å²) in [5.41, 5.74) is 0.575. The van der Waals surface area contributed by atoms with E-state index in [0.29, 0.717) is 30.7 Å². The van der Waals surface area contributed by atoms with Crippen molar-refractivity contribution >= 4 is 11.7 Å². The van der Waals surface area contributed by atoms with Crippen molar-refractivity contribution in [2.45, 2.75) is 51.6 Å². The van der Waals surface area contributed by atoms with E-state index in [1.165, 1.54) is 0 Å². The van der Waals surface area contributed by atoms with Crippen molar-refractivity contribution in [3.05, 3.63) is 42.1 Å². The number of amides is 1. The molecular formula is C20H29N5O2. The van der Waals surface area contributed by atoms with Gasteiger partial charge in [0.1, 0.15) is 11.6 Å². The molecule has 7 heteroatoms. The number of hydrogen-bond donors (Lipinski definition) is 2. The minimum Gasteiger partial charge on any atom is -0.379 e. The number of nitrogens with one attached hydrogen (secondary N) is 2. The summed E-state index contributed by atoms with van der Waals surface area (Å²) in [6, 6.07) is 3.95. The lowest BCUT2D eigenvalue weighted by Crippen LogP contribution is -2.30. The number of aromatic nitrogens is 3. The number of carbonyl (C=O) groups excluding carboxylic acids is 1. The second-order valence-corrected chi connectivity index (χ2v) is 7.23. The Kier molecular flexibility index (Phi) is 6.81. The highest BCUT2D eigenvalue weighted by Gasteiger charge is 2.14. The lowest BCUT2D eigenvalue weighted by atomic mass is 10.1. The first-order chi connectivity index (χ1) is 13.1. The fourth-order valence-corrected chi connectivity index (χ4v) is 3.24. The number of carbonyl (C=O) groups is 1. The van der Waals surface area contributed by atoms with E-state index >= 15 is 0 Å². The molecule has 3 rings (SSSR count). The van der Waals surface area contributed by atoms with Gasteiger partial charge in [0.15, 0.2) is 0 Å². The summed E-state index contributed by atoms with van der Waals surface area (Å²) < 4.78 is 7.60. The monoisotopic (exact) mass is 371 g/mol. The molecule has 1 atom stereocenters. The zero-order chi connectivity index (χ0) is 19.1. The van der Waals surface area contributed by atoms with E-state index in [1.807, 2.05) is 18.5 Å². The van der Waals surface area contributed by atoms with Crippen molar-refractivity contribution in [3.63, 3.8) is 0 Å². The van der Waals surface area contributed by atoms with E-state index in [1.54, 1.807) is 12.3 Å². The van der Waals surface area contributed by atoms with Crippen molar-refractivity contribution in [3.8, 4) is 0 Å². The van der Waals surface area contributed by atoms with Gasteiger partial charge < -0.3 is 19.9 Å². The maximum Gasteiger partial charge on any atom is 0.252 e. The van der Waals surface area contributed by atoms with E-state index < -0.39 is 0 Å². The Balaban J connectivity index is 1.42. The van der Waals surface area contributed by atoms with Crippen LogP contribution >= 0.6 is 0 Å². The summed E-state index contributed by atoms with van der Waals surface area (Å²) >= 11 is 0. The Bertz CT molecular complexity index is 720. The highest BCUT2D eigenvalue weighted by molar-refractivity contribution is 5.94. The SMILES string of the molecule is CC(C)c1nccn1CCCNC(=O)c1ccc(N[C@@H]2CCCOC2)nc1. The third-order valence-electron chi connectivity index (χ3n) is 4.66. The molecule has 2 aromatic rings. The number of hydrogen-bond acceptors (Lipinski definition) is 5. The van der Waals surface area contributed by atoms with Crippen LogP contribution in [-0.2, 0) is 11.3 Å². The van der Waals surface area contributed by atoms with Gasteiger partial charge in [-0.25, -0.2) is 9.97 Å². The van der Waals surface area contributed by atoms with Gasteiger partial charge in [-0.3, -0.25) is 4.79 Å². The summed E-state index contributed by atoms with van der Waals surface area (Å²) in [4.78, 5) is 21.0. The van der Waals surface area contributed by atoms with E-state index in [2.05, 4.69) is 39.0 Å². The van der Waals surface area contributed by atoms with Gasteiger partial charge in [0.05, 0.1) is 18.2 Å². The lowest BCUT2D eigenvalue weighted by Gasteiger charge is -2.23. The van der Waals surface area contributed by atoms with Crippen LogP contribution in [0.1, 0.15) is 55.2 Å². The van der Waals surface area contributed by atoms with E-state index in [-0.39, 0.29) is 5.91 Å².